The van der Waals surface area contributed by atoms with Gasteiger partial charge in [0.25, 0.3) is 0 Å². The minimum Gasteiger partial charge on any atom is -0.328 e. The van der Waals surface area contributed by atoms with E-state index in [4.69, 9.17) is 10.7 Å². The van der Waals surface area contributed by atoms with Crippen LogP contribution in [0.5, 0.6) is 0 Å². The van der Waals surface area contributed by atoms with Gasteiger partial charge in [0.1, 0.15) is 5.01 Å². The molecule has 124 valence electrons. The van der Waals surface area contributed by atoms with Gasteiger partial charge in [-0.1, -0.05) is 20.8 Å². The minimum absolute atomic E-state index is 0. The van der Waals surface area contributed by atoms with Crippen LogP contribution < -0.4 is 5.73 Å². The lowest BCUT2D eigenvalue weighted by molar-refractivity contribution is 0.165. The van der Waals surface area contributed by atoms with Crippen LogP contribution in [0.1, 0.15) is 51.2 Å². The van der Waals surface area contributed by atoms with Gasteiger partial charge in [0, 0.05) is 16.8 Å². The second kappa shape index (κ2) is 8.68. The fourth-order valence-corrected chi connectivity index (χ4v) is 3.62. The Morgan fingerprint density at radius 2 is 1.90 bits per heavy atom. The molecule has 2 rings (SSSR count). The Morgan fingerprint density at radius 1 is 1.33 bits per heavy atom. The van der Waals surface area contributed by atoms with Gasteiger partial charge in [-0.05, 0) is 38.8 Å². The highest BCUT2D eigenvalue weighted by Gasteiger charge is 2.23. The number of nitrogens with zero attached hydrogens (tertiary/aromatic N) is 2. The largest absolute Gasteiger partial charge is 0.328 e. The predicted octanol–water partition coefficient (Wildman–Crippen LogP) is 3.84. The van der Waals surface area contributed by atoms with Crippen molar-refractivity contribution in [3.63, 3.8) is 0 Å². The molecule has 6 heteroatoms. The summed E-state index contributed by atoms with van der Waals surface area (Å²) in [5.41, 5.74) is 7.37. The van der Waals surface area contributed by atoms with Crippen LogP contribution in [0.2, 0.25) is 0 Å². The molecule has 2 heterocycles. The van der Waals surface area contributed by atoms with Crippen LogP contribution in [0.25, 0.3) is 0 Å². The normalized spacial score (nSPS) is 18.7. The molecule has 1 aliphatic rings. The molecular formula is C15H29Cl2N3S. The van der Waals surface area contributed by atoms with E-state index in [1.165, 1.54) is 23.5 Å². The quantitative estimate of drug-likeness (QED) is 0.897. The highest BCUT2D eigenvalue weighted by Crippen LogP contribution is 2.26. The Balaban J connectivity index is 0.00000200. The summed E-state index contributed by atoms with van der Waals surface area (Å²) in [7, 11) is 0. The SMILES string of the molecule is CC(N)C1CCN(Cc2nc(C(C)(C)C)cs2)CC1.Cl.Cl. The molecule has 0 saturated carbocycles. The first-order valence-electron chi connectivity index (χ1n) is 7.29. The topological polar surface area (TPSA) is 42.1 Å². The number of likely N-dealkylation sites (tertiary alicyclic amines) is 1. The summed E-state index contributed by atoms with van der Waals surface area (Å²) in [5.74, 6) is 0.706. The maximum absolute atomic E-state index is 5.99. The van der Waals surface area contributed by atoms with Crippen LogP contribution in [0, 0.1) is 5.92 Å². The van der Waals surface area contributed by atoms with Crippen molar-refractivity contribution in [2.24, 2.45) is 11.7 Å². The van der Waals surface area contributed by atoms with Crippen LogP contribution in [0.3, 0.4) is 0 Å². The monoisotopic (exact) mass is 353 g/mol. The lowest BCUT2D eigenvalue weighted by atomic mass is 9.91. The molecule has 1 aromatic heterocycles. The summed E-state index contributed by atoms with van der Waals surface area (Å²) in [6, 6.07) is 0.342. The van der Waals surface area contributed by atoms with Crippen LogP contribution in [0.4, 0.5) is 0 Å². The van der Waals surface area contributed by atoms with Gasteiger partial charge in [0.2, 0.25) is 0 Å². The molecule has 0 radical (unpaired) electrons. The van der Waals surface area contributed by atoms with Crippen molar-refractivity contribution in [1.29, 1.82) is 0 Å². The fraction of sp³-hybridized carbons (Fsp3) is 0.800. The van der Waals surface area contributed by atoms with Crippen molar-refractivity contribution >= 4 is 36.2 Å². The molecule has 1 unspecified atom stereocenters. The Hall–Kier alpha value is 0.130. The number of halogens is 2. The summed E-state index contributed by atoms with van der Waals surface area (Å²) in [6.07, 6.45) is 2.46. The molecule has 1 fully saturated rings. The summed E-state index contributed by atoms with van der Waals surface area (Å²) >= 11 is 1.80. The molecule has 0 aliphatic carbocycles. The average Bonchev–Trinajstić information content (AvgIpc) is 2.78. The predicted molar refractivity (Wildman–Crippen MR) is 97.0 cm³/mol. The second-order valence-corrected chi connectivity index (χ2v) is 7.79. The Bertz CT molecular complexity index is 407. The van der Waals surface area contributed by atoms with Gasteiger partial charge in [-0.25, -0.2) is 4.98 Å². The molecule has 2 N–H and O–H groups in total. The Morgan fingerprint density at radius 3 is 2.33 bits per heavy atom. The molecule has 0 amide bonds. The van der Waals surface area contributed by atoms with E-state index in [-0.39, 0.29) is 30.2 Å². The zero-order valence-corrected chi connectivity index (χ0v) is 15.9. The maximum atomic E-state index is 5.99. The summed E-state index contributed by atoms with van der Waals surface area (Å²) < 4.78 is 0. The van der Waals surface area contributed by atoms with Gasteiger partial charge in [0.15, 0.2) is 0 Å². The Labute approximate surface area is 145 Å². The number of thiazole rings is 1. The van der Waals surface area contributed by atoms with E-state index in [1.807, 2.05) is 0 Å². The van der Waals surface area contributed by atoms with Crippen molar-refractivity contribution in [3.05, 3.63) is 16.1 Å². The molecule has 1 saturated heterocycles. The van der Waals surface area contributed by atoms with Crippen LogP contribution in [0.15, 0.2) is 5.38 Å². The first kappa shape index (κ1) is 21.1. The van der Waals surface area contributed by atoms with E-state index in [9.17, 15) is 0 Å². The minimum atomic E-state index is 0. The third-order valence-electron chi connectivity index (χ3n) is 4.05. The molecule has 1 atom stereocenters. The van der Waals surface area contributed by atoms with Gasteiger partial charge in [-0.3, -0.25) is 4.90 Å². The second-order valence-electron chi connectivity index (χ2n) is 6.85. The smallest absolute Gasteiger partial charge is 0.107 e. The van der Waals surface area contributed by atoms with Crippen molar-refractivity contribution in [1.82, 2.24) is 9.88 Å². The van der Waals surface area contributed by atoms with Crippen molar-refractivity contribution in [3.8, 4) is 0 Å². The standard InChI is InChI=1S/C15H27N3S.2ClH/c1-11(16)12-5-7-18(8-6-12)9-14-17-13(10-19-14)15(2,3)4;;/h10-12H,5-9,16H2,1-4H3;2*1H. The van der Waals surface area contributed by atoms with E-state index in [1.54, 1.807) is 11.3 Å². The molecule has 1 aliphatic heterocycles. The van der Waals surface area contributed by atoms with Crippen LogP contribution in [-0.4, -0.2) is 29.0 Å². The number of rotatable bonds is 3. The van der Waals surface area contributed by atoms with E-state index in [0.717, 1.165) is 19.6 Å². The molecule has 0 bridgehead atoms. The van der Waals surface area contributed by atoms with E-state index < -0.39 is 0 Å². The lowest BCUT2D eigenvalue weighted by Crippen LogP contribution is -2.39. The van der Waals surface area contributed by atoms with Gasteiger partial charge < -0.3 is 5.73 Å². The van der Waals surface area contributed by atoms with E-state index in [2.05, 4.69) is 38.0 Å². The highest BCUT2D eigenvalue weighted by atomic mass is 35.5. The zero-order chi connectivity index (χ0) is 14.0. The third kappa shape index (κ3) is 6.03. The van der Waals surface area contributed by atoms with Crippen LogP contribution >= 0.6 is 36.2 Å². The summed E-state index contributed by atoms with van der Waals surface area (Å²) in [5, 5.41) is 3.47. The molecule has 0 aromatic carbocycles. The van der Waals surface area contributed by atoms with Crippen LogP contribution in [-0.2, 0) is 12.0 Å². The summed E-state index contributed by atoms with van der Waals surface area (Å²) in [6.45, 7) is 12.1. The molecular weight excluding hydrogens is 325 g/mol. The Kier molecular flexibility index (Phi) is 8.74. The van der Waals surface area contributed by atoms with Gasteiger partial charge in [-0.15, -0.1) is 36.2 Å². The first-order chi connectivity index (χ1) is 8.86. The zero-order valence-electron chi connectivity index (χ0n) is 13.5. The fourth-order valence-electron chi connectivity index (χ4n) is 2.56. The highest BCUT2D eigenvalue weighted by molar-refractivity contribution is 7.09. The molecule has 21 heavy (non-hydrogen) atoms. The summed E-state index contributed by atoms with van der Waals surface area (Å²) in [4.78, 5) is 7.30. The number of aromatic nitrogens is 1. The first-order valence-corrected chi connectivity index (χ1v) is 8.17. The lowest BCUT2D eigenvalue weighted by Gasteiger charge is -2.33. The molecule has 3 nitrogen and oxygen atoms in total. The van der Waals surface area contributed by atoms with Crippen molar-refractivity contribution in [2.45, 2.75) is 58.5 Å². The third-order valence-corrected chi connectivity index (χ3v) is 4.89. The van der Waals surface area contributed by atoms with Gasteiger partial charge in [0.05, 0.1) is 12.2 Å². The average molecular weight is 354 g/mol. The molecule has 0 spiro atoms. The number of hydrogen-bond donors (Lipinski definition) is 1. The number of hydrogen-bond acceptors (Lipinski definition) is 4. The number of nitrogens with two attached hydrogens (primary N) is 1. The van der Waals surface area contributed by atoms with E-state index >= 15 is 0 Å². The van der Waals surface area contributed by atoms with Crippen molar-refractivity contribution < 1.29 is 0 Å². The molecule has 1 aromatic rings. The van der Waals surface area contributed by atoms with Crippen molar-refractivity contribution in [2.75, 3.05) is 13.1 Å². The van der Waals surface area contributed by atoms with Gasteiger partial charge in [-0.2, -0.15) is 0 Å². The van der Waals surface area contributed by atoms with Gasteiger partial charge >= 0.3 is 0 Å². The van der Waals surface area contributed by atoms with E-state index in [0.29, 0.717) is 12.0 Å². The maximum Gasteiger partial charge on any atom is 0.107 e. The number of piperidine rings is 1.